The SMILES string of the molecule is CC1(C(=O)c2ccccc2)Oc2ccccc2O1. The highest BCUT2D eigenvalue weighted by Crippen LogP contribution is 2.40. The third kappa shape index (κ3) is 1.64. The fourth-order valence-electron chi connectivity index (χ4n) is 2.00. The maximum absolute atomic E-state index is 12.4. The Balaban J connectivity index is 1.93. The fourth-order valence-corrected chi connectivity index (χ4v) is 2.00. The van der Waals surface area contributed by atoms with Crippen molar-refractivity contribution in [2.45, 2.75) is 12.7 Å². The molecule has 0 aliphatic carbocycles. The number of ketones is 1. The third-order valence-electron chi connectivity index (χ3n) is 2.91. The Morgan fingerprint density at radius 1 is 0.889 bits per heavy atom. The fraction of sp³-hybridized carbons (Fsp3) is 0.133. The predicted octanol–water partition coefficient (Wildman–Crippen LogP) is 3.06. The van der Waals surface area contributed by atoms with Gasteiger partial charge >= 0.3 is 5.79 Å². The molecule has 18 heavy (non-hydrogen) atoms. The van der Waals surface area contributed by atoms with E-state index in [4.69, 9.17) is 9.47 Å². The van der Waals surface area contributed by atoms with Gasteiger partial charge in [0.1, 0.15) is 0 Å². The van der Waals surface area contributed by atoms with Crippen LogP contribution in [0, 0.1) is 0 Å². The lowest BCUT2D eigenvalue weighted by Gasteiger charge is -2.21. The second kappa shape index (κ2) is 3.88. The summed E-state index contributed by atoms with van der Waals surface area (Å²) in [6.45, 7) is 1.64. The van der Waals surface area contributed by atoms with Crippen molar-refractivity contribution in [3.05, 3.63) is 60.2 Å². The molecule has 90 valence electrons. The quantitative estimate of drug-likeness (QED) is 0.757. The predicted molar refractivity (Wildman–Crippen MR) is 66.9 cm³/mol. The van der Waals surface area contributed by atoms with E-state index in [9.17, 15) is 4.79 Å². The van der Waals surface area contributed by atoms with Gasteiger partial charge in [0.05, 0.1) is 0 Å². The lowest BCUT2D eigenvalue weighted by molar-refractivity contribution is -0.0342. The molecule has 0 saturated carbocycles. The molecule has 2 aromatic carbocycles. The van der Waals surface area contributed by atoms with Crippen molar-refractivity contribution in [2.75, 3.05) is 0 Å². The van der Waals surface area contributed by atoms with E-state index in [1.165, 1.54) is 0 Å². The molecule has 1 aliphatic heterocycles. The van der Waals surface area contributed by atoms with Crippen LogP contribution in [0.3, 0.4) is 0 Å². The van der Waals surface area contributed by atoms with Crippen LogP contribution in [-0.4, -0.2) is 11.6 Å². The van der Waals surface area contributed by atoms with Crippen LogP contribution < -0.4 is 9.47 Å². The summed E-state index contributed by atoms with van der Waals surface area (Å²) in [6, 6.07) is 16.3. The molecule has 0 fully saturated rings. The normalized spacial score (nSPS) is 15.4. The minimum absolute atomic E-state index is 0.181. The summed E-state index contributed by atoms with van der Waals surface area (Å²) < 4.78 is 11.3. The van der Waals surface area contributed by atoms with Crippen molar-refractivity contribution < 1.29 is 14.3 Å². The molecular formula is C15H12O3. The Morgan fingerprint density at radius 3 is 1.94 bits per heavy atom. The molecule has 3 rings (SSSR count). The van der Waals surface area contributed by atoms with Gasteiger partial charge in [-0.3, -0.25) is 4.79 Å². The summed E-state index contributed by atoms with van der Waals surface area (Å²) in [4.78, 5) is 12.4. The largest absolute Gasteiger partial charge is 0.442 e. The molecule has 3 nitrogen and oxygen atoms in total. The van der Waals surface area contributed by atoms with Gasteiger partial charge in [0, 0.05) is 12.5 Å². The number of benzene rings is 2. The van der Waals surface area contributed by atoms with E-state index in [0.717, 1.165) is 0 Å². The highest BCUT2D eigenvalue weighted by molar-refractivity contribution is 6.02. The Hall–Kier alpha value is -2.29. The van der Waals surface area contributed by atoms with Gasteiger partial charge < -0.3 is 9.47 Å². The maximum Gasteiger partial charge on any atom is 0.313 e. The Bertz CT molecular complexity index is 565. The van der Waals surface area contributed by atoms with Crippen molar-refractivity contribution in [2.24, 2.45) is 0 Å². The van der Waals surface area contributed by atoms with Gasteiger partial charge in [-0.25, -0.2) is 0 Å². The minimum Gasteiger partial charge on any atom is -0.442 e. The van der Waals surface area contributed by atoms with Crippen molar-refractivity contribution in [1.29, 1.82) is 0 Å². The highest BCUT2D eigenvalue weighted by atomic mass is 16.7. The Morgan fingerprint density at radius 2 is 1.39 bits per heavy atom. The zero-order valence-electron chi connectivity index (χ0n) is 9.92. The summed E-state index contributed by atoms with van der Waals surface area (Å²) in [7, 11) is 0. The van der Waals surface area contributed by atoms with Crippen LogP contribution in [0.25, 0.3) is 0 Å². The zero-order chi connectivity index (χ0) is 12.6. The van der Waals surface area contributed by atoms with Crippen molar-refractivity contribution in [3.8, 4) is 11.5 Å². The summed E-state index contributed by atoms with van der Waals surface area (Å²) in [5.41, 5.74) is 0.577. The number of fused-ring (bicyclic) bond motifs is 1. The van der Waals surface area contributed by atoms with Crippen LogP contribution in [0.4, 0.5) is 0 Å². The maximum atomic E-state index is 12.4. The van der Waals surface area contributed by atoms with Gasteiger partial charge in [-0.15, -0.1) is 0 Å². The molecule has 0 bridgehead atoms. The molecule has 0 spiro atoms. The van der Waals surface area contributed by atoms with Crippen LogP contribution >= 0.6 is 0 Å². The van der Waals surface area contributed by atoms with Crippen LogP contribution in [0.1, 0.15) is 17.3 Å². The first-order valence-electron chi connectivity index (χ1n) is 5.76. The molecular weight excluding hydrogens is 228 g/mol. The van der Waals surface area contributed by atoms with Gasteiger partial charge in [0.15, 0.2) is 11.5 Å². The molecule has 0 amide bonds. The first-order chi connectivity index (χ1) is 8.69. The summed E-state index contributed by atoms with van der Waals surface area (Å²) in [5, 5.41) is 0. The Labute approximate surface area is 105 Å². The molecule has 1 aliphatic rings. The average molecular weight is 240 g/mol. The molecule has 0 saturated heterocycles. The van der Waals surface area contributed by atoms with Crippen molar-refractivity contribution in [1.82, 2.24) is 0 Å². The van der Waals surface area contributed by atoms with E-state index in [2.05, 4.69) is 0 Å². The van der Waals surface area contributed by atoms with E-state index in [1.54, 1.807) is 31.2 Å². The van der Waals surface area contributed by atoms with Crippen molar-refractivity contribution in [3.63, 3.8) is 0 Å². The number of carbonyl (C=O) groups is 1. The molecule has 0 N–H and O–H groups in total. The number of carbonyl (C=O) groups excluding carboxylic acids is 1. The first-order valence-corrected chi connectivity index (χ1v) is 5.76. The number of hydrogen-bond acceptors (Lipinski definition) is 3. The number of ether oxygens (including phenoxy) is 2. The molecule has 2 aromatic rings. The van der Waals surface area contributed by atoms with Crippen LogP contribution in [0.5, 0.6) is 11.5 Å². The van der Waals surface area contributed by atoms with Crippen molar-refractivity contribution >= 4 is 5.78 Å². The smallest absolute Gasteiger partial charge is 0.313 e. The molecule has 0 atom stereocenters. The molecule has 1 heterocycles. The highest BCUT2D eigenvalue weighted by Gasteiger charge is 2.44. The van der Waals surface area contributed by atoms with E-state index < -0.39 is 5.79 Å². The van der Waals surface area contributed by atoms with Gasteiger partial charge in [0.2, 0.25) is 5.78 Å². The third-order valence-corrected chi connectivity index (χ3v) is 2.91. The molecule has 3 heteroatoms. The second-order valence-electron chi connectivity index (χ2n) is 4.29. The molecule has 0 aromatic heterocycles. The number of rotatable bonds is 2. The monoisotopic (exact) mass is 240 g/mol. The van der Waals surface area contributed by atoms with Gasteiger partial charge in [0.25, 0.3) is 0 Å². The van der Waals surface area contributed by atoms with E-state index >= 15 is 0 Å². The zero-order valence-corrected chi connectivity index (χ0v) is 9.92. The summed E-state index contributed by atoms with van der Waals surface area (Å²) >= 11 is 0. The summed E-state index contributed by atoms with van der Waals surface area (Å²) in [5.74, 6) is -0.252. The first kappa shape index (κ1) is 10.8. The summed E-state index contributed by atoms with van der Waals surface area (Å²) in [6.07, 6.45) is 0. The van der Waals surface area contributed by atoms with Gasteiger partial charge in [-0.1, -0.05) is 42.5 Å². The van der Waals surface area contributed by atoms with E-state index in [0.29, 0.717) is 17.1 Å². The van der Waals surface area contributed by atoms with Gasteiger partial charge in [-0.05, 0) is 12.1 Å². The standard InChI is InChI=1S/C15H12O3/c1-15(14(16)11-7-3-2-4-8-11)17-12-9-5-6-10-13(12)18-15/h2-10H,1H3. The van der Waals surface area contributed by atoms with E-state index in [-0.39, 0.29) is 5.78 Å². The van der Waals surface area contributed by atoms with Crippen LogP contribution in [0.2, 0.25) is 0 Å². The Kier molecular flexibility index (Phi) is 2.33. The lowest BCUT2D eigenvalue weighted by Crippen LogP contribution is -2.43. The molecule has 0 radical (unpaired) electrons. The van der Waals surface area contributed by atoms with Crippen LogP contribution in [-0.2, 0) is 0 Å². The topological polar surface area (TPSA) is 35.5 Å². The van der Waals surface area contributed by atoms with E-state index in [1.807, 2.05) is 30.3 Å². The molecule has 0 unspecified atom stereocenters. The minimum atomic E-state index is -1.27. The lowest BCUT2D eigenvalue weighted by atomic mass is 10.0. The average Bonchev–Trinajstić information content (AvgIpc) is 2.76. The van der Waals surface area contributed by atoms with Gasteiger partial charge in [-0.2, -0.15) is 0 Å². The van der Waals surface area contributed by atoms with Crippen LogP contribution in [0.15, 0.2) is 54.6 Å². The second-order valence-corrected chi connectivity index (χ2v) is 4.29. The number of para-hydroxylation sites is 2. The number of Topliss-reactive ketones (excluding diaryl/α,β-unsaturated/α-hetero) is 1. The number of hydrogen-bond donors (Lipinski definition) is 0.